The summed E-state index contributed by atoms with van der Waals surface area (Å²) >= 11 is 7.00. The molecule has 1 unspecified atom stereocenters. The van der Waals surface area contributed by atoms with Gasteiger partial charge < -0.3 is 38.2 Å². The van der Waals surface area contributed by atoms with Gasteiger partial charge in [-0.25, -0.2) is 4.79 Å². The Balaban J connectivity index is 0.931. The van der Waals surface area contributed by atoms with E-state index in [-0.39, 0.29) is 71.3 Å². The first-order valence-corrected chi connectivity index (χ1v) is 22.5. The molecule has 0 aliphatic carbocycles. The number of amides is 2. The molecule has 62 heavy (non-hydrogen) atoms. The van der Waals surface area contributed by atoms with Crippen molar-refractivity contribution >= 4 is 40.2 Å². The average Bonchev–Trinajstić information content (AvgIpc) is 3.30. The monoisotopic (exact) mass is 884 g/mol. The summed E-state index contributed by atoms with van der Waals surface area (Å²) in [5.74, 6) is 1.99. The van der Waals surface area contributed by atoms with Crippen LogP contribution in [0.3, 0.4) is 0 Å². The number of ether oxygens (including phenoxy) is 6. The molecular formula is C47H51ClN3O10S+. The number of hydrogen-bond acceptors (Lipinski definition) is 10. The molecule has 4 saturated heterocycles. The molecular weight excluding hydrogens is 834 g/mol. The lowest BCUT2D eigenvalue weighted by Crippen LogP contribution is -2.65. The molecule has 15 heteroatoms. The fourth-order valence-corrected chi connectivity index (χ4v) is 10.6. The zero-order valence-electron chi connectivity index (χ0n) is 35.1. The number of nitrogens with zero attached hydrogens (tertiary/aromatic N) is 2. The van der Waals surface area contributed by atoms with E-state index in [1.807, 2.05) is 60.7 Å². The summed E-state index contributed by atoms with van der Waals surface area (Å²) in [6.45, 7) is 3.92. The number of halogens is 1. The van der Waals surface area contributed by atoms with Gasteiger partial charge in [-0.1, -0.05) is 48.0 Å². The van der Waals surface area contributed by atoms with E-state index in [4.69, 9.17) is 40.0 Å². The Hall–Kier alpha value is -5.57. The lowest BCUT2D eigenvalue weighted by atomic mass is 9.70. The Morgan fingerprint density at radius 3 is 1.84 bits per heavy atom. The van der Waals surface area contributed by atoms with Gasteiger partial charge in [0.25, 0.3) is 5.91 Å². The zero-order valence-corrected chi connectivity index (χ0v) is 36.7. The van der Waals surface area contributed by atoms with Gasteiger partial charge in [0.15, 0.2) is 11.5 Å². The molecule has 0 aromatic heterocycles. The molecule has 5 aliphatic rings. The first-order chi connectivity index (χ1) is 30.0. The topological polar surface area (TPSA) is 139 Å². The SMILES string of the molecule is COc1ccc(COC(=O)C2=C(C[N+]34CCC(CNC(=O)c5ccc(OCc6ccc(OC)cc6)c(OCc6ccc(OC)cc6)c5Cl)(CC3)CC4)CS(=O)[C@@H]3CC(=O)N23)cc1. The van der Waals surface area contributed by atoms with Crippen molar-refractivity contribution < 1.29 is 51.5 Å². The van der Waals surface area contributed by atoms with E-state index in [0.29, 0.717) is 30.2 Å². The molecule has 5 aliphatic heterocycles. The minimum Gasteiger partial charge on any atom is -0.497 e. The van der Waals surface area contributed by atoms with Crippen LogP contribution in [0.25, 0.3) is 0 Å². The number of carbonyl (C=O) groups is 3. The Labute approximate surface area is 368 Å². The van der Waals surface area contributed by atoms with Gasteiger partial charge in [-0.05, 0) is 65.2 Å². The number of β-lactam (4-membered cyclic amide) rings is 1. The standard InChI is InChI=1S/C47H50ClN3O10S/c1-56-35-10-4-31(5-11-35)26-59-39-17-16-38(42(48)44(39)60-27-32-6-12-36(57-2)13-7-32)45(53)49-30-47-18-21-51(22-19-47,23-20-47)25-34-29-62(55)41-24-40(52)50(41)43(34)46(54)61-28-33-8-14-37(58-3)15-9-33/h4-17,41H,18-30H2,1-3H3/p+1/t41-,47?,51?,62?/m1/s1. The molecule has 2 atom stereocenters. The van der Waals surface area contributed by atoms with Crippen molar-refractivity contribution in [3.63, 3.8) is 0 Å². The molecule has 1 N–H and O–H groups in total. The molecule has 5 heterocycles. The molecule has 2 amide bonds. The quantitative estimate of drug-likeness (QED) is 0.0704. The van der Waals surface area contributed by atoms with Crippen LogP contribution in [0.5, 0.6) is 28.7 Å². The van der Waals surface area contributed by atoms with E-state index >= 15 is 0 Å². The van der Waals surface area contributed by atoms with Gasteiger partial charge >= 0.3 is 5.97 Å². The van der Waals surface area contributed by atoms with Gasteiger partial charge in [-0.2, -0.15) is 0 Å². The highest BCUT2D eigenvalue weighted by Crippen LogP contribution is 2.46. The summed E-state index contributed by atoms with van der Waals surface area (Å²) in [7, 11) is 3.51. The zero-order chi connectivity index (χ0) is 43.4. The first-order valence-electron chi connectivity index (χ1n) is 20.7. The van der Waals surface area contributed by atoms with Crippen LogP contribution in [0.2, 0.25) is 5.02 Å². The molecule has 9 rings (SSSR count). The number of methoxy groups -OCH3 is 3. The van der Waals surface area contributed by atoms with Gasteiger partial charge in [0, 0.05) is 47.6 Å². The van der Waals surface area contributed by atoms with Gasteiger partial charge in [0.2, 0.25) is 5.91 Å². The third-order valence-corrected chi connectivity index (χ3v) is 14.7. The molecule has 2 bridgehead atoms. The van der Waals surface area contributed by atoms with Crippen LogP contribution in [0.15, 0.2) is 96.2 Å². The maximum absolute atomic E-state index is 13.9. The van der Waals surface area contributed by atoms with Crippen LogP contribution in [0.1, 0.15) is 52.7 Å². The third-order valence-electron chi connectivity index (χ3n) is 12.7. The normalized spacial score (nSPS) is 22.6. The second-order valence-electron chi connectivity index (χ2n) is 16.5. The summed E-state index contributed by atoms with van der Waals surface area (Å²) in [5.41, 5.74) is 3.73. The molecule has 0 spiro atoms. The van der Waals surface area contributed by atoms with E-state index in [1.165, 1.54) is 4.90 Å². The summed E-state index contributed by atoms with van der Waals surface area (Å²) < 4.78 is 48.1. The minimum absolute atomic E-state index is 0.0371. The number of quaternary nitrogens is 1. The van der Waals surface area contributed by atoms with Crippen molar-refractivity contribution in [1.82, 2.24) is 10.2 Å². The highest BCUT2D eigenvalue weighted by Gasteiger charge is 2.53. The highest BCUT2D eigenvalue weighted by molar-refractivity contribution is 7.86. The largest absolute Gasteiger partial charge is 0.497 e. The number of piperidine rings is 3. The molecule has 326 valence electrons. The number of carbonyl (C=O) groups excluding carboxylic acids is 3. The number of rotatable bonds is 17. The first kappa shape index (κ1) is 43.1. The van der Waals surface area contributed by atoms with Crippen LogP contribution in [-0.2, 0) is 44.9 Å². The van der Waals surface area contributed by atoms with Crippen LogP contribution in [0.4, 0.5) is 0 Å². The average molecular weight is 885 g/mol. The maximum atomic E-state index is 13.9. The van der Waals surface area contributed by atoms with Crippen molar-refractivity contribution in [2.45, 2.75) is 50.9 Å². The van der Waals surface area contributed by atoms with Gasteiger partial charge in [0.1, 0.15) is 54.7 Å². The number of benzene rings is 4. The summed E-state index contributed by atoms with van der Waals surface area (Å²) in [5, 5.41) is 2.85. The Kier molecular flexibility index (Phi) is 12.8. The number of hydrogen-bond donors (Lipinski definition) is 1. The second-order valence-corrected chi connectivity index (χ2v) is 18.4. The smallest absolute Gasteiger partial charge is 0.355 e. The Morgan fingerprint density at radius 1 is 0.774 bits per heavy atom. The van der Waals surface area contributed by atoms with E-state index in [1.54, 1.807) is 45.6 Å². The molecule has 0 saturated carbocycles. The van der Waals surface area contributed by atoms with Crippen molar-refractivity contribution in [3.05, 3.63) is 123 Å². The Bertz CT molecular complexity index is 2350. The fraction of sp³-hybridized carbons (Fsp3) is 0.383. The lowest BCUT2D eigenvalue weighted by Gasteiger charge is -2.55. The van der Waals surface area contributed by atoms with Crippen LogP contribution >= 0.6 is 11.6 Å². The van der Waals surface area contributed by atoms with Crippen molar-refractivity contribution in [2.75, 3.05) is 59.8 Å². The predicted molar refractivity (Wildman–Crippen MR) is 233 cm³/mol. The van der Waals surface area contributed by atoms with E-state index < -0.39 is 22.1 Å². The van der Waals surface area contributed by atoms with Gasteiger partial charge in [0.05, 0.1) is 63.7 Å². The highest BCUT2D eigenvalue weighted by atomic mass is 35.5. The molecule has 4 fully saturated rings. The number of nitrogens with one attached hydrogen (secondary N) is 1. The lowest BCUT2D eigenvalue weighted by molar-refractivity contribution is -0.941. The van der Waals surface area contributed by atoms with E-state index in [9.17, 15) is 18.6 Å². The predicted octanol–water partition coefficient (Wildman–Crippen LogP) is 6.57. The Morgan fingerprint density at radius 2 is 1.31 bits per heavy atom. The summed E-state index contributed by atoms with van der Waals surface area (Å²) in [6, 6.07) is 25.7. The van der Waals surface area contributed by atoms with E-state index in [2.05, 4.69) is 5.32 Å². The van der Waals surface area contributed by atoms with Crippen molar-refractivity contribution in [2.24, 2.45) is 5.41 Å². The van der Waals surface area contributed by atoms with E-state index in [0.717, 1.165) is 71.6 Å². The minimum atomic E-state index is -1.30. The number of esters is 1. The number of fused-ring (bicyclic) bond motifs is 4. The third kappa shape index (κ3) is 9.13. The van der Waals surface area contributed by atoms with Crippen molar-refractivity contribution in [3.8, 4) is 28.7 Å². The second kappa shape index (κ2) is 18.4. The van der Waals surface area contributed by atoms with Crippen molar-refractivity contribution in [1.29, 1.82) is 0 Å². The summed E-state index contributed by atoms with van der Waals surface area (Å²) in [4.78, 5) is 41.9. The van der Waals surface area contributed by atoms with Crippen LogP contribution < -0.4 is 29.0 Å². The van der Waals surface area contributed by atoms with Gasteiger partial charge in [-0.15, -0.1) is 0 Å². The molecule has 0 radical (unpaired) electrons. The van der Waals surface area contributed by atoms with Gasteiger partial charge in [-0.3, -0.25) is 18.7 Å². The fourth-order valence-electron chi connectivity index (χ4n) is 8.80. The maximum Gasteiger partial charge on any atom is 0.355 e. The summed E-state index contributed by atoms with van der Waals surface area (Å²) in [6.07, 6.45) is 2.73. The van der Waals surface area contributed by atoms with Crippen LogP contribution in [-0.4, -0.2) is 96.6 Å². The van der Waals surface area contributed by atoms with Crippen LogP contribution in [0, 0.1) is 5.41 Å². The molecule has 4 aromatic carbocycles. The molecule has 4 aromatic rings. The molecule has 13 nitrogen and oxygen atoms in total.